The molecule has 2 N–H and O–H groups in total. The Kier molecular flexibility index (Phi) is 5.42. The summed E-state index contributed by atoms with van der Waals surface area (Å²) in [5.74, 6) is 0.127. The normalized spacial score (nSPS) is 10.9. The Morgan fingerprint density at radius 2 is 1.80 bits per heavy atom. The molecular formula is C15H12F3N3O3S. The quantitative estimate of drug-likeness (QED) is 0.470. The SMILES string of the molecule is COc1cc([N+](=O)[O-])ccc1NC(=S)Nc1ccccc1C(F)(F)F. The molecular weight excluding hydrogens is 359 g/mol. The van der Waals surface area contributed by atoms with Crippen molar-refractivity contribution in [2.24, 2.45) is 0 Å². The molecule has 0 atom stereocenters. The zero-order valence-corrected chi connectivity index (χ0v) is 13.6. The topological polar surface area (TPSA) is 76.4 Å². The van der Waals surface area contributed by atoms with Crippen molar-refractivity contribution in [3.8, 4) is 5.75 Å². The number of methoxy groups -OCH3 is 1. The molecule has 0 bridgehead atoms. The molecule has 0 aliphatic carbocycles. The van der Waals surface area contributed by atoms with E-state index in [1.165, 1.54) is 43.5 Å². The van der Waals surface area contributed by atoms with Crippen molar-refractivity contribution in [1.82, 2.24) is 0 Å². The van der Waals surface area contributed by atoms with Crippen molar-refractivity contribution in [3.05, 3.63) is 58.1 Å². The van der Waals surface area contributed by atoms with Gasteiger partial charge in [-0.1, -0.05) is 12.1 Å². The second-order valence-electron chi connectivity index (χ2n) is 4.76. The number of hydrogen-bond acceptors (Lipinski definition) is 4. The highest BCUT2D eigenvalue weighted by Crippen LogP contribution is 2.35. The minimum Gasteiger partial charge on any atom is -0.494 e. The predicted octanol–water partition coefficient (Wildman–Crippen LogP) is 4.43. The van der Waals surface area contributed by atoms with Crippen LogP contribution in [0.1, 0.15) is 5.56 Å². The molecule has 0 saturated carbocycles. The molecule has 6 nitrogen and oxygen atoms in total. The minimum absolute atomic E-state index is 0.121. The van der Waals surface area contributed by atoms with E-state index in [4.69, 9.17) is 17.0 Å². The number of hydrogen-bond donors (Lipinski definition) is 2. The van der Waals surface area contributed by atoms with E-state index in [0.29, 0.717) is 0 Å². The molecule has 0 heterocycles. The van der Waals surface area contributed by atoms with Crippen LogP contribution in [-0.4, -0.2) is 17.1 Å². The number of thiocarbonyl (C=S) groups is 1. The lowest BCUT2D eigenvalue weighted by Crippen LogP contribution is -2.21. The monoisotopic (exact) mass is 371 g/mol. The summed E-state index contributed by atoms with van der Waals surface area (Å²) in [7, 11) is 1.31. The highest BCUT2D eigenvalue weighted by Gasteiger charge is 2.33. The van der Waals surface area contributed by atoms with Gasteiger partial charge in [0.15, 0.2) is 5.11 Å². The number of nitro groups is 1. The summed E-state index contributed by atoms with van der Waals surface area (Å²) in [6.07, 6.45) is -4.54. The summed E-state index contributed by atoms with van der Waals surface area (Å²) in [6.45, 7) is 0. The van der Waals surface area contributed by atoms with Gasteiger partial charge in [-0.15, -0.1) is 0 Å². The predicted molar refractivity (Wildman–Crippen MR) is 90.9 cm³/mol. The van der Waals surface area contributed by atoms with E-state index in [9.17, 15) is 23.3 Å². The third kappa shape index (κ3) is 4.57. The fourth-order valence-corrected chi connectivity index (χ4v) is 2.23. The molecule has 0 aliphatic heterocycles. The lowest BCUT2D eigenvalue weighted by molar-refractivity contribution is -0.384. The van der Waals surface area contributed by atoms with Gasteiger partial charge in [-0.05, 0) is 30.4 Å². The first kappa shape index (κ1) is 18.5. The highest BCUT2D eigenvalue weighted by atomic mass is 32.1. The summed E-state index contributed by atoms with van der Waals surface area (Å²) < 4.78 is 44.0. The van der Waals surface area contributed by atoms with Crippen LogP contribution < -0.4 is 15.4 Å². The summed E-state index contributed by atoms with van der Waals surface area (Å²) in [5, 5.41) is 15.8. The van der Waals surface area contributed by atoms with Crippen LogP contribution in [0.5, 0.6) is 5.75 Å². The third-order valence-corrected chi connectivity index (χ3v) is 3.33. The van der Waals surface area contributed by atoms with Gasteiger partial charge in [0.05, 0.1) is 35.0 Å². The molecule has 2 aromatic carbocycles. The van der Waals surface area contributed by atoms with Crippen LogP contribution in [0.4, 0.5) is 30.2 Å². The first-order valence-electron chi connectivity index (χ1n) is 6.79. The van der Waals surface area contributed by atoms with Gasteiger partial charge in [0.25, 0.3) is 5.69 Å². The molecule has 0 saturated heterocycles. The van der Waals surface area contributed by atoms with Gasteiger partial charge in [-0.3, -0.25) is 10.1 Å². The number of para-hydroxylation sites is 1. The van der Waals surface area contributed by atoms with E-state index in [-0.39, 0.29) is 27.9 Å². The number of ether oxygens (including phenoxy) is 1. The Morgan fingerprint density at radius 3 is 2.40 bits per heavy atom. The maximum Gasteiger partial charge on any atom is 0.418 e. The fraction of sp³-hybridized carbons (Fsp3) is 0.133. The molecule has 25 heavy (non-hydrogen) atoms. The van der Waals surface area contributed by atoms with Crippen LogP contribution in [0.25, 0.3) is 0 Å². The number of anilines is 2. The van der Waals surface area contributed by atoms with E-state index in [1.54, 1.807) is 0 Å². The van der Waals surface area contributed by atoms with Crippen LogP contribution in [0.3, 0.4) is 0 Å². The largest absolute Gasteiger partial charge is 0.494 e. The second kappa shape index (κ2) is 7.34. The Labute approximate surface area is 145 Å². The Morgan fingerprint density at radius 1 is 1.16 bits per heavy atom. The number of nitrogens with zero attached hydrogens (tertiary/aromatic N) is 1. The van der Waals surface area contributed by atoms with E-state index >= 15 is 0 Å². The fourth-order valence-electron chi connectivity index (χ4n) is 2.01. The van der Waals surface area contributed by atoms with Crippen molar-refractivity contribution >= 4 is 34.4 Å². The zero-order chi connectivity index (χ0) is 18.6. The molecule has 0 aliphatic rings. The smallest absolute Gasteiger partial charge is 0.418 e. The first-order valence-corrected chi connectivity index (χ1v) is 7.20. The van der Waals surface area contributed by atoms with Crippen molar-refractivity contribution in [2.45, 2.75) is 6.18 Å². The van der Waals surface area contributed by atoms with Gasteiger partial charge in [0.1, 0.15) is 5.75 Å². The molecule has 0 spiro atoms. The number of nitro benzene ring substituents is 1. The Balaban J connectivity index is 2.20. The number of halogens is 3. The molecule has 2 aromatic rings. The van der Waals surface area contributed by atoms with Crippen LogP contribution >= 0.6 is 12.2 Å². The maximum absolute atomic E-state index is 13.0. The van der Waals surface area contributed by atoms with Crippen molar-refractivity contribution in [2.75, 3.05) is 17.7 Å². The summed E-state index contributed by atoms with van der Waals surface area (Å²) in [5.41, 5.74) is -0.998. The van der Waals surface area contributed by atoms with Gasteiger partial charge in [-0.25, -0.2) is 0 Å². The van der Waals surface area contributed by atoms with Gasteiger partial charge in [0, 0.05) is 6.07 Å². The number of nitrogens with one attached hydrogen (secondary N) is 2. The Hall–Kier alpha value is -2.88. The average molecular weight is 371 g/mol. The van der Waals surface area contributed by atoms with Gasteiger partial charge in [0.2, 0.25) is 0 Å². The lowest BCUT2D eigenvalue weighted by Gasteiger charge is -2.16. The van der Waals surface area contributed by atoms with Gasteiger partial charge < -0.3 is 15.4 Å². The van der Waals surface area contributed by atoms with Gasteiger partial charge in [-0.2, -0.15) is 13.2 Å². The van der Waals surface area contributed by atoms with Crippen LogP contribution in [0.15, 0.2) is 42.5 Å². The maximum atomic E-state index is 13.0. The van der Waals surface area contributed by atoms with Crippen LogP contribution in [-0.2, 0) is 6.18 Å². The first-order chi connectivity index (χ1) is 11.7. The highest BCUT2D eigenvalue weighted by molar-refractivity contribution is 7.80. The molecule has 10 heteroatoms. The lowest BCUT2D eigenvalue weighted by atomic mass is 10.1. The van der Waals surface area contributed by atoms with E-state index in [0.717, 1.165) is 6.07 Å². The Bertz CT molecular complexity index is 812. The second-order valence-corrected chi connectivity index (χ2v) is 5.17. The van der Waals surface area contributed by atoms with Crippen molar-refractivity contribution < 1.29 is 22.8 Å². The van der Waals surface area contributed by atoms with E-state index in [2.05, 4.69) is 10.6 Å². The number of rotatable bonds is 4. The number of non-ortho nitro benzene ring substituents is 1. The zero-order valence-electron chi connectivity index (χ0n) is 12.8. The summed E-state index contributed by atoms with van der Waals surface area (Å²) >= 11 is 5.01. The number of alkyl halides is 3. The third-order valence-electron chi connectivity index (χ3n) is 3.12. The molecule has 2 rings (SSSR count). The standard InChI is InChI=1S/C15H12F3N3O3S/c1-24-13-8-9(21(22)23)6-7-12(13)20-14(25)19-11-5-3-2-4-10(11)15(16,17)18/h2-8H,1H3,(H2,19,20,25). The molecule has 0 radical (unpaired) electrons. The molecule has 0 fully saturated rings. The molecule has 0 unspecified atom stereocenters. The van der Waals surface area contributed by atoms with Crippen LogP contribution in [0, 0.1) is 10.1 Å². The minimum atomic E-state index is -4.54. The van der Waals surface area contributed by atoms with Crippen molar-refractivity contribution in [3.63, 3.8) is 0 Å². The average Bonchev–Trinajstić information content (AvgIpc) is 2.54. The van der Waals surface area contributed by atoms with Crippen LogP contribution in [0.2, 0.25) is 0 Å². The van der Waals surface area contributed by atoms with E-state index in [1.807, 2.05) is 0 Å². The van der Waals surface area contributed by atoms with Gasteiger partial charge >= 0.3 is 6.18 Å². The number of benzene rings is 2. The van der Waals surface area contributed by atoms with Crippen molar-refractivity contribution in [1.29, 1.82) is 0 Å². The molecule has 0 amide bonds. The molecule has 132 valence electrons. The van der Waals surface area contributed by atoms with E-state index < -0.39 is 16.7 Å². The molecule has 0 aromatic heterocycles. The summed E-state index contributed by atoms with van der Waals surface area (Å²) in [4.78, 5) is 10.2. The summed E-state index contributed by atoms with van der Waals surface area (Å²) in [6, 6.07) is 8.62.